The Kier molecular flexibility index (Phi) is 7.51. The number of anilines is 1. The molecule has 0 saturated carbocycles. The second kappa shape index (κ2) is 10.2. The molecule has 3 N–H and O–H groups in total. The highest BCUT2D eigenvalue weighted by molar-refractivity contribution is 5.88. The monoisotopic (exact) mass is 563 g/mol. The van der Waals surface area contributed by atoms with Gasteiger partial charge in [0.25, 0.3) is 0 Å². The molecule has 6 nitrogen and oxygen atoms in total. The summed E-state index contributed by atoms with van der Waals surface area (Å²) < 4.78 is 74.0. The molecule has 40 heavy (non-hydrogen) atoms. The number of alkyl halides is 3. The van der Waals surface area contributed by atoms with Crippen LogP contribution in [0.15, 0.2) is 30.3 Å². The van der Waals surface area contributed by atoms with Gasteiger partial charge < -0.3 is 11.1 Å². The van der Waals surface area contributed by atoms with Gasteiger partial charge in [-0.05, 0) is 57.7 Å². The second-order valence-corrected chi connectivity index (χ2v) is 11.3. The van der Waals surface area contributed by atoms with E-state index in [4.69, 9.17) is 10.8 Å². The van der Waals surface area contributed by atoms with Crippen LogP contribution in [0.4, 0.5) is 32.4 Å². The first kappa shape index (κ1) is 29.5. The Labute approximate surface area is 230 Å². The molecule has 2 heterocycles. The lowest BCUT2D eigenvalue weighted by atomic mass is 9.90. The van der Waals surface area contributed by atoms with Crippen LogP contribution in [0.25, 0.3) is 16.9 Å². The van der Waals surface area contributed by atoms with Crippen molar-refractivity contribution in [3.8, 4) is 16.9 Å². The second-order valence-electron chi connectivity index (χ2n) is 11.3. The van der Waals surface area contributed by atoms with Crippen molar-refractivity contribution in [2.45, 2.75) is 72.6 Å². The van der Waals surface area contributed by atoms with Crippen LogP contribution in [0, 0.1) is 17.0 Å². The van der Waals surface area contributed by atoms with Crippen molar-refractivity contribution in [2.75, 3.05) is 11.9 Å². The Morgan fingerprint density at radius 3 is 2.20 bits per heavy atom. The first-order valence-electron chi connectivity index (χ1n) is 13.1. The minimum absolute atomic E-state index is 0.0509. The third kappa shape index (κ3) is 4.95. The zero-order valence-corrected chi connectivity index (χ0v) is 23.4. The number of amides is 2. The average molecular weight is 564 g/mol. The number of aromatic nitrogens is 2. The molecule has 0 saturated heterocycles. The summed E-state index contributed by atoms with van der Waals surface area (Å²) in [5.41, 5.74) is 5.46. The maximum absolute atomic E-state index is 15.7. The van der Waals surface area contributed by atoms with E-state index in [1.54, 1.807) is 23.4 Å². The number of halogens is 5. The van der Waals surface area contributed by atoms with Crippen molar-refractivity contribution in [2.24, 2.45) is 11.1 Å². The van der Waals surface area contributed by atoms with Gasteiger partial charge >= 0.3 is 12.2 Å². The number of hydrogen-bond donors (Lipinski definition) is 2. The highest BCUT2D eigenvalue weighted by Gasteiger charge is 2.52. The molecule has 0 bridgehead atoms. The molecule has 2 aromatic carbocycles. The number of benzene rings is 2. The molecule has 0 atom stereocenters. The topological polar surface area (TPSA) is 76.2 Å². The summed E-state index contributed by atoms with van der Waals surface area (Å²) in [6, 6.07) is 6.55. The molecular weight excluding hydrogens is 529 g/mol. The smallest absolute Gasteiger partial charge is 0.351 e. The normalized spacial score (nSPS) is 15.4. The summed E-state index contributed by atoms with van der Waals surface area (Å²) in [6.07, 6.45) is -3.16. The van der Waals surface area contributed by atoms with Crippen molar-refractivity contribution < 1.29 is 26.7 Å². The SMILES string of the molecule is CCc1cccc(CC)c1-n1nc2c(c1-c1cc(F)c(NC(N)=O)cc1F)CN(CC(C)(C)C(F)(F)F)C2(C)C. The molecular formula is C29H34F5N5O. The molecule has 1 aliphatic heterocycles. The number of rotatable bonds is 7. The lowest BCUT2D eigenvalue weighted by Gasteiger charge is -2.39. The van der Waals surface area contributed by atoms with Gasteiger partial charge in [-0.25, -0.2) is 18.3 Å². The van der Waals surface area contributed by atoms with Gasteiger partial charge in [0, 0.05) is 30.3 Å². The Bertz CT molecular complexity index is 1440. The summed E-state index contributed by atoms with van der Waals surface area (Å²) in [4.78, 5) is 13.0. The zero-order chi connectivity index (χ0) is 29.8. The number of urea groups is 1. The van der Waals surface area contributed by atoms with Gasteiger partial charge in [-0.15, -0.1) is 0 Å². The van der Waals surface area contributed by atoms with Crippen LogP contribution in [0.3, 0.4) is 0 Å². The zero-order valence-electron chi connectivity index (χ0n) is 23.4. The number of primary amides is 1. The molecule has 2 amide bonds. The van der Waals surface area contributed by atoms with Crippen molar-refractivity contribution in [1.82, 2.24) is 14.7 Å². The maximum atomic E-state index is 15.7. The van der Waals surface area contributed by atoms with E-state index in [2.05, 4.69) is 5.32 Å². The molecule has 4 rings (SSSR count). The fourth-order valence-corrected chi connectivity index (χ4v) is 5.33. The molecule has 0 radical (unpaired) electrons. The third-order valence-corrected chi connectivity index (χ3v) is 7.80. The van der Waals surface area contributed by atoms with E-state index in [1.807, 2.05) is 32.0 Å². The van der Waals surface area contributed by atoms with Crippen molar-refractivity contribution >= 4 is 11.7 Å². The fourth-order valence-electron chi connectivity index (χ4n) is 5.33. The third-order valence-electron chi connectivity index (χ3n) is 7.80. The number of para-hydroxylation sites is 1. The fraction of sp³-hybridized carbons (Fsp3) is 0.448. The van der Waals surface area contributed by atoms with Crippen LogP contribution >= 0.6 is 0 Å². The first-order chi connectivity index (χ1) is 18.5. The lowest BCUT2D eigenvalue weighted by molar-refractivity contribution is -0.220. The summed E-state index contributed by atoms with van der Waals surface area (Å²) in [5.74, 6) is -1.75. The molecule has 3 aromatic rings. The van der Waals surface area contributed by atoms with E-state index in [0.717, 1.165) is 42.8 Å². The van der Waals surface area contributed by atoms with Crippen LogP contribution in [0.2, 0.25) is 0 Å². The molecule has 216 valence electrons. The molecule has 0 fully saturated rings. The van der Waals surface area contributed by atoms with E-state index in [9.17, 15) is 18.0 Å². The van der Waals surface area contributed by atoms with Gasteiger partial charge in [-0.1, -0.05) is 32.0 Å². The predicted molar refractivity (Wildman–Crippen MR) is 144 cm³/mol. The molecule has 0 aliphatic carbocycles. The maximum Gasteiger partial charge on any atom is 0.395 e. The van der Waals surface area contributed by atoms with Gasteiger partial charge in [0.05, 0.1) is 33.7 Å². The average Bonchev–Trinajstić information content (AvgIpc) is 3.33. The van der Waals surface area contributed by atoms with Gasteiger partial charge in [0.2, 0.25) is 0 Å². The van der Waals surface area contributed by atoms with Crippen LogP contribution in [-0.2, 0) is 24.9 Å². The van der Waals surface area contributed by atoms with Crippen LogP contribution in [0.1, 0.15) is 63.9 Å². The minimum Gasteiger partial charge on any atom is -0.351 e. The van der Waals surface area contributed by atoms with Gasteiger partial charge in [0.1, 0.15) is 11.6 Å². The first-order valence-corrected chi connectivity index (χ1v) is 13.1. The quantitative estimate of drug-likeness (QED) is 0.302. The minimum atomic E-state index is -4.44. The lowest BCUT2D eigenvalue weighted by Crippen LogP contribution is -2.47. The van der Waals surface area contributed by atoms with Gasteiger partial charge in [-0.3, -0.25) is 4.90 Å². The number of nitrogens with zero attached hydrogens (tertiary/aromatic N) is 3. The molecule has 0 spiro atoms. The van der Waals surface area contributed by atoms with Crippen molar-refractivity contribution in [3.63, 3.8) is 0 Å². The van der Waals surface area contributed by atoms with E-state index in [1.165, 1.54) is 0 Å². The van der Waals surface area contributed by atoms with E-state index in [-0.39, 0.29) is 24.3 Å². The molecule has 1 aromatic heterocycles. The number of hydrogen-bond acceptors (Lipinski definition) is 3. The number of nitrogens with two attached hydrogens (primary N) is 1. The standard InChI is InChI=1S/C29H34F5N5O/c1-7-16-10-9-11-17(8-2)23(16)39-24(18-12-21(31)22(13-20(18)30)36-26(35)40)19-14-38(28(5,6)25(19)37-39)15-27(3,4)29(32,33)34/h9-13H,7-8,14-15H2,1-6H3,(H3,35,36,40). The van der Waals surface area contributed by atoms with Crippen LogP contribution < -0.4 is 11.1 Å². The van der Waals surface area contributed by atoms with E-state index >= 15 is 8.78 Å². The molecule has 1 aliphatic rings. The molecule has 11 heteroatoms. The summed E-state index contributed by atoms with van der Waals surface area (Å²) in [7, 11) is 0. The van der Waals surface area contributed by atoms with Crippen molar-refractivity contribution in [1.29, 1.82) is 0 Å². The Morgan fingerprint density at radius 2 is 1.68 bits per heavy atom. The van der Waals surface area contributed by atoms with Crippen LogP contribution in [0.5, 0.6) is 0 Å². The number of nitrogens with one attached hydrogen (secondary N) is 1. The number of carbonyl (C=O) groups is 1. The number of fused-ring (bicyclic) bond motifs is 1. The highest BCUT2D eigenvalue weighted by Crippen LogP contribution is 2.48. The number of carbonyl (C=O) groups excluding carboxylic acids is 1. The molecule has 0 unspecified atom stereocenters. The van der Waals surface area contributed by atoms with Crippen molar-refractivity contribution in [3.05, 3.63) is 64.4 Å². The Balaban J connectivity index is 1.99. The van der Waals surface area contributed by atoms with Gasteiger partial charge in [-0.2, -0.15) is 18.3 Å². The Morgan fingerprint density at radius 1 is 1.07 bits per heavy atom. The van der Waals surface area contributed by atoms with Gasteiger partial charge in [0.15, 0.2) is 0 Å². The van der Waals surface area contributed by atoms with Crippen LogP contribution in [-0.4, -0.2) is 33.4 Å². The highest BCUT2D eigenvalue weighted by atomic mass is 19.4. The summed E-state index contributed by atoms with van der Waals surface area (Å²) >= 11 is 0. The summed E-state index contributed by atoms with van der Waals surface area (Å²) in [5, 5.41) is 6.97. The Hall–Kier alpha value is -3.47. The largest absolute Gasteiger partial charge is 0.395 e. The van der Waals surface area contributed by atoms with E-state index < -0.39 is 40.5 Å². The number of aryl methyl sites for hydroxylation is 2. The summed E-state index contributed by atoms with van der Waals surface area (Å²) in [6.45, 7) is 9.55. The predicted octanol–water partition coefficient (Wildman–Crippen LogP) is 7.07. The van der Waals surface area contributed by atoms with E-state index in [0.29, 0.717) is 24.1 Å².